The average Bonchev–Trinajstić information content (AvgIpc) is 2.76. The predicted molar refractivity (Wildman–Crippen MR) is 78.5 cm³/mol. The van der Waals surface area contributed by atoms with Crippen molar-refractivity contribution in [3.8, 4) is 6.07 Å². The summed E-state index contributed by atoms with van der Waals surface area (Å²) in [5, 5.41) is 9.69. The van der Waals surface area contributed by atoms with Crippen molar-refractivity contribution in [2.24, 2.45) is 0 Å². The summed E-state index contributed by atoms with van der Waals surface area (Å²) in [5.41, 5.74) is 7.45. The van der Waals surface area contributed by atoms with Gasteiger partial charge in [0, 0.05) is 11.4 Å². The van der Waals surface area contributed by atoms with Gasteiger partial charge in [-0.3, -0.25) is 0 Å². The third kappa shape index (κ3) is 2.59. The number of carbonyl (C=O) groups excluding carboxylic acids is 1. The van der Waals surface area contributed by atoms with Gasteiger partial charge in [-0.25, -0.2) is 4.79 Å². The van der Waals surface area contributed by atoms with Gasteiger partial charge in [-0.1, -0.05) is 13.3 Å². The summed E-state index contributed by atoms with van der Waals surface area (Å²) >= 11 is 1.40. The van der Waals surface area contributed by atoms with Crippen LogP contribution in [0.4, 0.5) is 9.80 Å². The molecule has 1 unspecified atom stereocenters. The van der Waals surface area contributed by atoms with Crippen LogP contribution in [0.2, 0.25) is 0 Å². The maximum atomic E-state index is 12.1. The van der Waals surface area contributed by atoms with Crippen LogP contribution in [0.25, 0.3) is 0 Å². The number of nitriles is 1. The number of unbranched alkanes of at least 4 members (excludes halogenated alkanes) is 1. The summed E-state index contributed by atoms with van der Waals surface area (Å²) in [7, 11) is 0. The predicted octanol–water partition coefficient (Wildman–Crippen LogP) is 3.06. The number of rotatable bonds is 3. The molecule has 1 aliphatic rings. The van der Waals surface area contributed by atoms with Gasteiger partial charge >= 0.3 is 6.09 Å². The maximum absolute atomic E-state index is 12.1. The number of nitrogen functional groups attached to an aromatic ring is 1. The molecule has 0 saturated heterocycles. The lowest BCUT2D eigenvalue weighted by molar-refractivity contribution is 0.0857. The number of hydrogen-bond donors (Lipinski definition) is 1. The molecule has 2 N–H and O–H groups in total. The Morgan fingerprint density at radius 3 is 3.05 bits per heavy atom. The first-order valence-electron chi connectivity index (χ1n) is 6.84. The number of carbonyl (C=O) groups is 1. The second kappa shape index (κ2) is 6.14. The van der Waals surface area contributed by atoms with Gasteiger partial charge in [0.05, 0.1) is 18.2 Å². The number of nitrogens with two attached hydrogens (primary N) is 1. The molecule has 0 saturated carbocycles. The monoisotopic (exact) mass is 293 g/mol. The summed E-state index contributed by atoms with van der Waals surface area (Å²) in [6.07, 6.45) is 2.27. The molecule has 0 spiro atoms. The Morgan fingerprint density at radius 1 is 1.65 bits per heavy atom. The first-order chi connectivity index (χ1) is 9.60. The minimum atomic E-state index is -0.276. The van der Waals surface area contributed by atoms with Crippen LogP contribution in [0.1, 0.15) is 48.7 Å². The first-order valence-corrected chi connectivity index (χ1v) is 7.66. The largest absolute Gasteiger partial charge is 0.449 e. The molecule has 1 amide bonds. The van der Waals surface area contributed by atoms with Crippen LogP contribution in [-0.4, -0.2) is 24.1 Å². The normalized spacial score (nSPS) is 17.4. The van der Waals surface area contributed by atoms with Gasteiger partial charge in [0.1, 0.15) is 11.1 Å². The van der Waals surface area contributed by atoms with Crippen LogP contribution >= 0.6 is 11.3 Å². The van der Waals surface area contributed by atoms with Gasteiger partial charge in [0.15, 0.2) is 0 Å². The number of anilines is 1. The van der Waals surface area contributed by atoms with Gasteiger partial charge in [0.2, 0.25) is 0 Å². The molecule has 2 heterocycles. The van der Waals surface area contributed by atoms with Crippen molar-refractivity contribution in [3.05, 3.63) is 16.0 Å². The maximum Gasteiger partial charge on any atom is 0.410 e. The second-order valence-electron chi connectivity index (χ2n) is 4.88. The smallest absolute Gasteiger partial charge is 0.410 e. The fourth-order valence-corrected chi connectivity index (χ4v) is 3.55. The SMILES string of the molecule is CCCCOC(=O)N1CCc2c(sc(N)c2C#N)C1C. The topological polar surface area (TPSA) is 79.3 Å². The highest BCUT2D eigenvalue weighted by molar-refractivity contribution is 7.16. The molecule has 1 atom stereocenters. The summed E-state index contributed by atoms with van der Waals surface area (Å²) in [6, 6.07) is 2.08. The standard InChI is InChI=1S/C14H19N3O2S/c1-3-4-7-19-14(18)17-6-5-10-11(8-15)13(16)20-12(10)9(17)2/h9H,3-7,16H2,1-2H3. The van der Waals surface area contributed by atoms with E-state index in [9.17, 15) is 4.79 Å². The Kier molecular flexibility index (Phi) is 4.50. The lowest BCUT2D eigenvalue weighted by atomic mass is 9.99. The van der Waals surface area contributed by atoms with Crippen molar-refractivity contribution in [2.75, 3.05) is 18.9 Å². The summed E-state index contributed by atoms with van der Waals surface area (Å²) < 4.78 is 5.27. The van der Waals surface area contributed by atoms with Crippen molar-refractivity contribution >= 4 is 22.4 Å². The van der Waals surface area contributed by atoms with Crippen LogP contribution < -0.4 is 5.73 Å². The van der Waals surface area contributed by atoms with E-state index in [4.69, 9.17) is 15.7 Å². The Labute approximate surface area is 122 Å². The number of amides is 1. The number of fused-ring (bicyclic) bond motifs is 1. The van der Waals surface area contributed by atoms with E-state index in [2.05, 4.69) is 13.0 Å². The lowest BCUT2D eigenvalue weighted by Crippen LogP contribution is -2.38. The Balaban J connectivity index is 2.14. The van der Waals surface area contributed by atoms with E-state index in [1.807, 2.05) is 6.92 Å². The second-order valence-corrected chi connectivity index (χ2v) is 5.97. The zero-order chi connectivity index (χ0) is 14.7. The summed E-state index contributed by atoms with van der Waals surface area (Å²) in [5.74, 6) is 0. The molecule has 1 aromatic rings. The Morgan fingerprint density at radius 2 is 2.40 bits per heavy atom. The molecule has 0 bridgehead atoms. The highest BCUT2D eigenvalue weighted by atomic mass is 32.1. The minimum absolute atomic E-state index is 0.0812. The fourth-order valence-electron chi connectivity index (χ4n) is 2.41. The lowest BCUT2D eigenvalue weighted by Gasteiger charge is -2.32. The van der Waals surface area contributed by atoms with Crippen LogP contribution in [0.5, 0.6) is 0 Å². The zero-order valence-electron chi connectivity index (χ0n) is 11.8. The molecule has 0 aromatic carbocycles. The molecule has 0 aliphatic carbocycles. The molecule has 5 nitrogen and oxygen atoms in total. The Bertz CT molecular complexity index is 547. The molecule has 20 heavy (non-hydrogen) atoms. The molecule has 2 rings (SSSR count). The van der Waals surface area contributed by atoms with Crippen LogP contribution in [0.15, 0.2) is 0 Å². The molecular formula is C14H19N3O2S. The van der Waals surface area contributed by atoms with E-state index < -0.39 is 0 Å². The van der Waals surface area contributed by atoms with Gasteiger partial charge in [-0.2, -0.15) is 5.26 Å². The van der Waals surface area contributed by atoms with E-state index >= 15 is 0 Å². The van der Waals surface area contributed by atoms with Crippen LogP contribution in [0, 0.1) is 11.3 Å². The van der Waals surface area contributed by atoms with E-state index in [0.29, 0.717) is 30.1 Å². The third-order valence-corrected chi connectivity index (χ3v) is 4.82. The van der Waals surface area contributed by atoms with Crippen molar-refractivity contribution in [1.82, 2.24) is 4.90 Å². The first kappa shape index (κ1) is 14.7. The van der Waals surface area contributed by atoms with E-state index in [1.54, 1.807) is 4.90 Å². The van der Waals surface area contributed by atoms with Crippen molar-refractivity contribution in [1.29, 1.82) is 5.26 Å². The fraction of sp³-hybridized carbons (Fsp3) is 0.571. The van der Waals surface area contributed by atoms with Gasteiger partial charge < -0.3 is 15.4 Å². The number of hydrogen-bond acceptors (Lipinski definition) is 5. The summed E-state index contributed by atoms with van der Waals surface area (Å²) in [4.78, 5) is 14.8. The minimum Gasteiger partial charge on any atom is -0.449 e. The number of nitrogens with zero attached hydrogens (tertiary/aromatic N) is 2. The average molecular weight is 293 g/mol. The zero-order valence-corrected chi connectivity index (χ0v) is 12.6. The molecule has 108 valence electrons. The highest BCUT2D eigenvalue weighted by Crippen LogP contribution is 2.40. The van der Waals surface area contributed by atoms with E-state index in [-0.39, 0.29) is 12.1 Å². The molecule has 1 aliphatic heterocycles. The molecule has 0 radical (unpaired) electrons. The van der Waals surface area contributed by atoms with Crippen LogP contribution in [0.3, 0.4) is 0 Å². The highest BCUT2D eigenvalue weighted by Gasteiger charge is 2.32. The molecule has 0 fully saturated rings. The van der Waals surface area contributed by atoms with Crippen molar-refractivity contribution in [2.45, 2.75) is 39.2 Å². The van der Waals surface area contributed by atoms with Crippen molar-refractivity contribution < 1.29 is 9.53 Å². The van der Waals surface area contributed by atoms with E-state index in [0.717, 1.165) is 23.3 Å². The number of ether oxygens (including phenoxy) is 1. The van der Waals surface area contributed by atoms with Gasteiger partial charge in [0.25, 0.3) is 0 Å². The molecule has 6 heteroatoms. The molecule has 1 aromatic heterocycles. The Hall–Kier alpha value is -1.74. The van der Waals surface area contributed by atoms with Gasteiger partial charge in [-0.15, -0.1) is 11.3 Å². The van der Waals surface area contributed by atoms with E-state index in [1.165, 1.54) is 11.3 Å². The number of thiophene rings is 1. The van der Waals surface area contributed by atoms with Crippen LogP contribution in [-0.2, 0) is 11.2 Å². The summed E-state index contributed by atoms with van der Waals surface area (Å²) in [6.45, 7) is 5.04. The molecular weight excluding hydrogens is 274 g/mol. The van der Waals surface area contributed by atoms with Gasteiger partial charge in [-0.05, 0) is 25.3 Å². The third-order valence-electron chi connectivity index (χ3n) is 3.58. The van der Waals surface area contributed by atoms with Crippen molar-refractivity contribution in [3.63, 3.8) is 0 Å². The quantitative estimate of drug-likeness (QED) is 0.869.